The van der Waals surface area contributed by atoms with Crippen molar-refractivity contribution in [3.05, 3.63) is 5.64 Å². The van der Waals surface area contributed by atoms with Gasteiger partial charge >= 0.3 is 0 Å². The van der Waals surface area contributed by atoms with Crippen LogP contribution in [0.4, 0.5) is 0 Å². The van der Waals surface area contributed by atoms with Gasteiger partial charge in [0.2, 0.25) is 0 Å². The van der Waals surface area contributed by atoms with Crippen molar-refractivity contribution in [3.63, 3.8) is 0 Å². The molecule has 3 nitrogen and oxygen atoms in total. The molecule has 0 fully saturated rings. The summed E-state index contributed by atoms with van der Waals surface area (Å²) in [5.41, 5.74) is 3.35. The Morgan fingerprint density at radius 3 is 1.70 bits per heavy atom. The summed E-state index contributed by atoms with van der Waals surface area (Å²) >= 11 is 0. The van der Waals surface area contributed by atoms with E-state index in [9.17, 15) is 0 Å². The summed E-state index contributed by atoms with van der Waals surface area (Å²) in [4.78, 5) is 9.38. The van der Waals surface area contributed by atoms with Crippen LogP contribution in [0, 0.1) is 0 Å². The molecule has 0 saturated heterocycles. The summed E-state index contributed by atoms with van der Waals surface area (Å²) in [6.45, 7) is 5.33. The molecule has 0 aromatic heterocycles. The summed E-state index contributed by atoms with van der Waals surface area (Å²) in [6.07, 6.45) is 1.94. The zero-order chi connectivity index (χ0) is 6.95. The van der Waals surface area contributed by atoms with Crippen molar-refractivity contribution < 1.29 is 35.5 Å². The van der Waals surface area contributed by atoms with Crippen molar-refractivity contribution in [3.8, 4) is 0 Å². The molecular weight excluding hydrogens is 297 g/mol. The maximum atomic E-state index is 4.69. The zero-order valence-corrected chi connectivity index (χ0v) is 10.2. The molecule has 0 aliphatic carbocycles. The van der Waals surface area contributed by atoms with E-state index in [1.54, 1.807) is 0 Å². The Hall–Kier alpha value is 0.750. The SMILES string of the molecule is CCCO[N-]OCCC.[Hf]. The van der Waals surface area contributed by atoms with E-state index < -0.39 is 0 Å². The molecule has 0 heterocycles. The average Bonchev–Trinajstić information content (AvgIpc) is 1.89. The summed E-state index contributed by atoms with van der Waals surface area (Å²) in [5.74, 6) is 0. The van der Waals surface area contributed by atoms with Gasteiger partial charge in [0.05, 0.1) is 0 Å². The van der Waals surface area contributed by atoms with Crippen molar-refractivity contribution in [2.45, 2.75) is 26.7 Å². The Kier molecular flexibility index (Phi) is 16.6. The predicted octanol–water partition coefficient (Wildman–Crippen LogP) is 2.04. The van der Waals surface area contributed by atoms with E-state index in [0.29, 0.717) is 13.2 Å². The molecule has 4 heteroatoms. The third-order valence-electron chi connectivity index (χ3n) is 0.696. The molecule has 0 N–H and O–H groups in total. The van der Waals surface area contributed by atoms with Gasteiger partial charge in [-0.1, -0.05) is 13.8 Å². The molecule has 0 amide bonds. The minimum atomic E-state index is 0. The van der Waals surface area contributed by atoms with E-state index in [-0.39, 0.29) is 25.8 Å². The predicted molar refractivity (Wildman–Crippen MR) is 35.8 cm³/mol. The second kappa shape index (κ2) is 12.4. The van der Waals surface area contributed by atoms with Crippen molar-refractivity contribution >= 4 is 0 Å². The van der Waals surface area contributed by atoms with E-state index in [4.69, 9.17) is 0 Å². The Balaban J connectivity index is 0. The van der Waals surface area contributed by atoms with Gasteiger partial charge in [-0.25, -0.2) is 0 Å². The summed E-state index contributed by atoms with van der Waals surface area (Å²) in [5, 5.41) is 0. The molecule has 0 aromatic carbocycles. The Morgan fingerprint density at radius 2 is 1.40 bits per heavy atom. The van der Waals surface area contributed by atoms with Gasteiger partial charge in [0.15, 0.2) is 0 Å². The molecule has 0 spiro atoms. The molecule has 0 saturated carbocycles. The van der Waals surface area contributed by atoms with Crippen LogP contribution in [-0.2, 0) is 35.5 Å². The summed E-state index contributed by atoms with van der Waals surface area (Å²) in [7, 11) is 0. The molecule has 0 atom stereocenters. The van der Waals surface area contributed by atoms with Gasteiger partial charge < -0.3 is 15.3 Å². The molecule has 0 aliphatic heterocycles. The number of rotatable bonds is 6. The summed E-state index contributed by atoms with van der Waals surface area (Å²) < 4.78 is 0. The normalized spacial score (nSPS) is 9.00. The van der Waals surface area contributed by atoms with Gasteiger partial charge in [-0.3, -0.25) is 0 Å². The van der Waals surface area contributed by atoms with E-state index >= 15 is 0 Å². The van der Waals surface area contributed by atoms with E-state index in [0.717, 1.165) is 12.8 Å². The van der Waals surface area contributed by atoms with Gasteiger partial charge in [0.1, 0.15) is 0 Å². The van der Waals surface area contributed by atoms with Crippen molar-refractivity contribution in [2.24, 2.45) is 0 Å². The first-order chi connectivity index (χ1) is 4.41. The van der Waals surface area contributed by atoms with E-state index in [1.807, 2.05) is 13.8 Å². The number of hydrogen-bond donors (Lipinski definition) is 0. The van der Waals surface area contributed by atoms with Crippen LogP contribution in [0.2, 0.25) is 0 Å². The molecule has 10 heavy (non-hydrogen) atoms. The maximum Gasteiger partial charge on any atom is 0.0264 e. The first-order valence-corrected chi connectivity index (χ1v) is 3.36. The zero-order valence-electron chi connectivity index (χ0n) is 6.59. The standard InChI is InChI=1S/C6H14NO2.Hf/c1-3-5-8-7-9-6-4-2;/h3-6H2,1-2H3;/q-1;. The molecule has 60 valence electrons. The van der Waals surface area contributed by atoms with Gasteiger partial charge in [-0.15, -0.1) is 0 Å². The molecule has 0 bridgehead atoms. The van der Waals surface area contributed by atoms with Crippen molar-refractivity contribution in [2.75, 3.05) is 13.2 Å². The van der Waals surface area contributed by atoms with Gasteiger partial charge in [-0.05, 0) is 12.8 Å². The second-order valence-corrected chi connectivity index (χ2v) is 1.74. The van der Waals surface area contributed by atoms with Crippen LogP contribution in [0.3, 0.4) is 0 Å². The molecular formula is C6H14HfNO2-. The molecule has 0 rings (SSSR count). The first-order valence-electron chi connectivity index (χ1n) is 3.36. The Labute approximate surface area is 81.2 Å². The van der Waals surface area contributed by atoms with E-state index in [1.165, 1.54) is 0 Å². The molecule has 0 aromatic rings. The first kappa shape index (κ1) is 13.3. The van der Waals surface area contributed by atoms with Gasteiger partial charge in [-0.2, -0.15) is 0 Å². The molecule has 0 aliphatic rings. The van der Waals surface area contributed by atoms with Crippen molar-refractivity contribution in [1.29, 1.82) is 0 Å². The van der Waals surface area contributed by atoms with Crippen LogP contribution in [0.5, 0.6) is 0 Å². The third-order valence-corrected chi connectivity index (χ3v) is 0.696. The topological polar surface area (TPSA) is 32.6 Å². The van der Waals surface area contributed by atoms with Gasteiger partial charge in [0, 0.05) is 39.1 Å². The maximum absolute atomic E-state index is 4.69. The Morgan fingerprint density at radius 1 is 1.00 bits per heavy atom. The largest absolute Gasteiger partial charge is 0.462 e. The van der Waals surface area contributed by atoms with Crippen LogP contribution in [0.1, 0.15) is 26.7 Å². The van der Waals surface area contributed by atoms with Crippen LogP contribution < -0.4 is 0 Å². The fourth-order valence-electron chi connectivity index (χ4n) is 0.294. The Bertz CT molecular complexity index is 49.0. The fourth-order valence-corrected chi connectivity index (χ4v) is 0.294. The van der Waals surface area contributed by atoms with Crippen molar-refractivity contribution in [1.82, 2.24) is 0 Å². The smallest absolute Gasteiger partial charge is 0.0264 e. The van der Waals surface area contributed by atoms with Crippen LogP contribution in [-0.4, -0.2) is 13.2 Å². The van der Waals surface area contributed by atoms with Crippen LogP contribution in [0.15, 0.2) is 0 Å². The summed E-state index contributed by atoms with van der Waals surface area (Å²) in [6, 6.07) is 0. The van der Waals surface area contributed by atoms with Gasteiger partial charge in [0.25, 0.3) is 0 Å². The minimum Gasteiger partial charge on any atom is -0.462 e. The number of nitrogens with zero attached hydrogens (tertiary/aromatic N) is 1. The van der Waals surface area contributed by atoms with E-state index in [2.05, 4.69) is 15.3 Å². The van der Waals surface area contributed by atoms with Crippen LogP contribution >= 0.6 is 0 Å². The number of hydrogen-bond acceptors (Lipinski definition) is 2. The van der Waals surface area contributed by atoms with Crippen LogP contribution in [0.25, 0.3) is 5.64 Å². The average molecular weight is 311 g/mol. The second-order valence-electron chi connectivity index (χ2n) is 1.74. The molecule has 0 radical (unpaired) electrons. The molecule has 0 unspecified atom stereocenters. The fraction of sp³-hybridized carbons (Fsp3) is 1.00. The minimum absolute atomic E-state index is 0. The monoisotopic (exact) mass is 312 g/mol. The third kappa shape index (κ3) is 11.5. The quantitative estimate of drug-likeness (QED) is 0.427.